The van der Waals surface area contributed by atoms with Crippen molar-refractivity contribution in [1.29, 1.82) is 0 Å². The van der Waals surface area contributed by atoms with Crippen LogP contribution in [-0.4, -0.2) is 19.1 Å². The van der Waals surface area contributed by atoms with Crippen molar-refractivity contribution < 1.29 is 0 Å². The fourth-order valence-electron chi connectivity index (χ4n) is 7.75. The average Bonchev–Trinajstić information content (AvgIpc) is 3.82. The minimum Gasteiger partial charge on any atom is -0.308 e. The van der Waals surface area contributed by atoms with Crippen molar-refractivity contribution in [3.63, 3.8) is 0 Å². The van der Waals surface area contributed by atoms with Gasteiger partial charge in [0, 0.05) is 38.2 Å². The first-order valence-corrected chi connectivity index (χ1v) is 17.3. The van der Waals surface area contributed by atoms with Gasteiger partial charge in [0.05, 0.1) is 42.7 Å². The van der Waals surface area contributed by atoms with Gasteiger partial charge in [0.15, 0.2) is 0 Å². The van der Waals surface area contributed by atoms with Crippen LogP contribution >= 0.6 is 11.3 Å². The van der Waals surface area contributed by atoms with Crippen molar-refractivity contribution in [3.05, 3.63) is 158 Å². The number of para-hydroxylation sites is 4. The predicted octanol–water partition coefficient (Wildman–Crippen LogP) is 11.9. The minimum atomic E-state index is 0.675. The molecule has 7 aromatic carbocycles. The molecule has 11 aromatic rings. The smallest absolute Gasteiger partial charge is 0.235 e. The molecule has 0 saturated heterocycles. The zero-order valence-corrected chi connectivity index (χ0v) is 27.0. The molecule has 228 valence electrons. The van der Waals surface area contributed by atoms with E-state index in [4.69, 9.17) is 9.97 Å². The molecule has 49 heavy (non-hydrogen) atoms. The summed E-state index contributed by atoms with van der Waals surface area (Å²) in [5.41, 5.74) is 8.79. The molecule has 4 aromatic heterocycles. The summed E-state index contributed by atoms with van der Waals surface area (Å²) in [5.74, 6) is 0.675. The van der Waals surface area contributed by atoms with Gasteiger partial charge in [-0.05, 0) is 47.2 Å². The molecule has 0 radical (unpaired) electrons. The molecule has 0 N–H and O–H groups in total. The molecule has 4 nitrogen and oxygen atoms in total. The molecule has 0 fully saturated rings. The van der Waals surface area contributed by atoms with E-state index in [0.29, 0.717) is 5.95 Å². The number of rotatable bonds is 3. The summed E-state index contributed by atoms with van der Waals surface area (Å²) in [6.07, 6.45) is 0. The van der Waals surface area contributed by atoms with Crippen LogP contribution in [0.1, 0.15) is 0 Å². The SMILES string of the molecule is c1ccc(-n2c3ccccc3c3sc4c(ccc5c6ccccc6n(-c6nc(-c7ccc8ccccc8c7)c7ccccc7n6)c54)c32)cc1. The molecule has 0 aliphatic heterocycles. The number of nitrogens with zero attached hydrogens (tertiary/aromatic N) is 4. The monoisotopic (exact) mass is 642 g/mol. The Balaban J connectivity index is 1.28. The molecule has 0 bridgehead atoms. The van der Waals surface area contributed by atoms with Crippen LogP contribution in [0.15, 0.2) is 158 Å². The zero-order chi connectivity index (χ0) is 32.1. The van der Waals surface area contributed by atoms with Gasteiger partial charge < -0.3 is 4.57 Å². The van der Waals surface area contributed by atoms with E-state index in [9.17, 15) is 0 Å². The number of thiophene rings is 1. The van der Waals surface area contributed by atoms with Crippen LogP contribution in [0.5, 0.6) is 0 Å². The predicted molar refractivity (Wildman–Crippen MR) is 207 cm³/mol. The van der Waals surface area contributed by atoms with Crippen LogP contribution in [0.2, 0.25) is 0 Å². The molecule has 11 rings (SSSR count). The lowest BCUT2D eigenvalue weighted by Gasteiger charge is -2.12. The zero-order valence-electron chi connectivity index (χ0n) is 26.2. The summed E-state index contributed by atoms with van der Waals surface area (Å²) >= 11 is 1.87. The molecule has 0 aliphatic carbocycles. The summed E-state index contributed by atoms with van der Waals surface area (Å²) in [5, 5.41) is 8.33. The van der Waals surface area contributed by atoms with Crippen molar-refractivity contribution in [1.82, 2.24) is 19.1 Å². The lowest BCUT2D eigenvalue weighted by Crippen LogP contribution is -2.03. The lowest BCUT2D eigenvalue weighted by molar-refractivity contribution is 1.02. The van der Waals surface area contributed by atoms with Crippen LogP contribution < -0.4 is 0 Å². The number of fused-ring (bicyclic) bond motifs is 11. The summed E-state index contributed by atoms with van der Waals surface area (Å²) in [7, 11) is 0. The molecule has 5 heteroatoms. The van der Waals surface area contributed by atoms with Crippen LogP contribution in [0.3, 0.4) is 0 Å². The van der Waals surface area contributed by atoms with Crippen molar-refractivity contribution in [2.75, 3.05) is 0 Å². The van der Waals surface area contributed by atoms with E-state index in [1.807, 2.05) is 11.3 Å². The molecule has 0 amide bonds. The summed E-state index contributed by atoms with van der Waals surface area (Å²) in [4.78, 5) is 10.7. The highest BCUT2D eigenvalue weighted by molar-refractivity contribution is 7.27. The number of hydrogen-bond acceptors (Lipinski definition) is 3. The minimum absolute atomic E-state index is 0.675. The molecule has 0 saturated carbocycles. The van der Waals surface area contributed by atoms with Gasteiger partial charge in [0.25, 0.3) is 0 Å². The van der Waals surface area contributed by atoms with E-state index in [0.717, 1.165) is 38.9 Å². The Hall–Kier alpha value is -6.30. The summed E-state index contributed by atoms with van der Waals surface area (Å²) < 4.78 is 7.24. The number of hydrogen-bond donors (Lipinski definition) is 0. The summed E-state index contributed by atoms with van der Waals surface area (Å²) in [6, 6.07) is 56.2. The topological polar surface area (TPSA) is 35.6 Å². The molecular formula is C44H26N4S. The molecule has 0 aliphatic rings. The molecule has 0 unspecified atom stereocenters. The Morgan fingerprint density at radius 3 is 1.92 bits per heavy atom. The van der Waals surface area contributed by atoms with Gasteiger partial charge in [0.1, 0.15) is 0 Å². The molecule has 0 spiro atoms. The van der Waals surface area contributed by atoms with Gasteiger partial charge in [0.2, 0.25) is 5.95 Å². The van der Waals surface area contributed by atoms with Gasteiger partial charge in [-0.2, -0.15) is 0 Å². The average molecular weight is 643 g/mol. The van der Waals surface area contributed by atoms with E-state index >= 15 is 0 Å². The molecular weight excluding hydrogens is 617 g/mol. The van der Waals surface area contributed by atoms with Crippen molar-refractivity contribution in [3.8, 4) is 22.9 Å². The third-order valence-electron chi connectivity index (χ3n) is 9.91. The maximum atomic E-state index is 5.44. The van der Waals surface area contributed by atoms with E-state index in [1.165, 1.54) is 52.8 Å². The Bertz CT molecular complexity index is 3110. The van der Waals surface area contributed by atoms with E-state index in [2.05, 4.69) is 167 Å². The van der Waals surface area contributed by atoms with Crippen LogP contribution in [0.4, 0.5) is 0 Å². The van der Waals surface area contributed by atoms with E-state index < -0.39 is 0 Å². The van der Waals surface area contributed by atoms with Gasteiger partial charge in [-0.1, -0.05) is 121 Å². The van der Waals surface area contributed by atoms with E-state index in [1.54, 1.807) is 0 Å². The fourth-order valence-corrected chi connectivity index (χ4v) is 9.11. The summed E-state index contributed by atoms with van der Waals surface area (Å²) in [6.45, 7) is 0. The normalized spacial score (nSPS) is 12.1. The third kappa shape index (κ3) is 3.79. The van der Waals surface area contributed by atoms with Gasteiger partial charge in [-0.3, -0.25) is 4.57 Å². The Kier molecular flexibility index (Phi) is 5.51. The fraction of sp³-hybridized carbons (Fsp3) is 0. The first kappa shape index (κ1) is 26.7. The number of benzene rings is 7. The van der Waals surface area contributed by atoms with Crippen molar-refractivity contribution in [2.45, 2.75) is 0 Å². The van der Waals surface area contributed by atoms with E-state index in [-0.39, 0.29) is 0 Å². The Labute approximate surface area is 284 Å². The Morgan fingerprint density at radius 2 is 1.06 bits per heavy atom. The largest absolute Gasteiger partial charge is 0.308 e. The van der Waals surface area contributed by atoms with Crippen molar-refractivity contribution >= 4 is 86.0 Å². The molecule has 0 atom stereocenters. The maximum Gasteiger partial charge on any atom is 0.235 e. The van der Waals surface area contributed by atoms with Crippen LogP contribution in [0, 0.1) is 0 Å². The van der Waals surface area contributed by atoms with Crippen molar-refractivity contribution in [2.24, 2.45) is 0 Å². The Morgan fingerprint density at radius 1 is 0.429 bits per heavy atom. The van der Waals surface area contributed by atoms with Crippen LogP contribution in [0.25, 0.3) is 97.6 Å². The van der Waals surface area contributed by atoms with Gasteiger partial charge in [-0.15, -0.1) is 11.3 Å². The van der Waals surface area contributed by atoms with Gasteiger partial charge in [-0.25, -0.2) is 9.97 Å². The second-order valence-electron chi connectivity index (χ2n) is 12.6. The highest BCUT2D eigenvalue weighted by atomic mass is 32.1. The lowest BCUT2D eigenvalue weighted by atomic mass is 10.0. The maximum absolute atomic E-state index is 5.44. The quantitative estimate of drug-likeness (QED) is 0.192. The first-order chi connectivity index (χ1) is 24.3. The first-order valence-electron chi connectivity index (χ1n) is 16.5. The highest BCUT2D eigenvalue weighted by Gasteiger charge is 2.23. The second-order valence-corrected chi connectivity index (χ2v) is 13.6. The standard InChI is InChI=1S/C44H26N4S/c1-2-14-30(15-3-1)47-38-21-11-8-18-34(38)42-41(47)35-25-24-32-31-16-7-10-20-37(31)48(40(32)43(35)49-42)44-45-36-19-9-6-17-33(36)39(46-44)29-23-22-27-12-4-5-13-28(27)26-29/h1-26H. The molecule has 4 heterocycles. The van der Waals surface area contributed by atoms with Crippen LogP contribution in [-0.2, 0) is 0 Å². The van der Waals surface area contributed by atoms with Gasteiger partial charge >= 0.3 is 0 Å². The highest BCUT2D eigenvalue weighted by Crippen LogP contribution is 2.47. The third-order valence-corrected chi connectivity index (χ3v) is 11.1. The second kappa shape index (κ2) is 10.1. The number of aromatic nitrogens is 4.